The van der Waals surface area contributed by atoms with Gasteiger partial charge in [-0.2, -0.15) is 0 Å². The Kier molecular flexibility index (Phi) is 9.07. The molecular formula is C22H31N3O6S. The standard InChI is InChI=1S/C22H31N3O6S/c1-16-18(24-22(31-16)17-5-6-19(28-2)20(13-17)29-3)14-32(27)15-21(26)23-7-4-8-25-9-11-30-12-10-25/h5-6,13H,4,7-12,14-15H2,1-3H3,(H,23,26)/t32-/m0/s1. The van der Waals surface area contributed by atoms with E-state index in [9.17, 15) is 9.00 Å². The average Bonchev–Trinajstić information content (AvgIpc) is 3.16. The summed E-state index contributed by atoms with van der Waals surface area (Å²) in [5.74, 6) is 2.04. The van der Waals surface area contributed by atoms with Crippen molar-refractivity contribution in [1.29, 1.82) is 0 Å². The number of hydrogen-bond acceptors (Lipinski definition) is 8. The normalized spacial score (nSPS) is 15.3. The van der Waals surface area contributed by atoms with Gasteiger partial charge in [-0.15, -0.1) is 0 Å². The predicted molar refractivity (Wildman–Crippen MR) is 121 cm³/mol. The second-order valence-electron chi connectivity index (χ2n) is 7.48. The first kappa shape index (κ1) is 24.2. The lowest BCUT2D eigenvalue weighted by Gasteiger charge is -2.26. The average molecular weight is 466 g/mol. The number of rotatable bonds is 11. The topological polar surface area (TPSA) is 103 Å². The second kappa shape index (κ2) is 12.0. The fraction of sp³-hybridized carbons (Fsp3) is 0.545. The van der Waals surface area contributed by atoms with E-state index < -0.39 is 10.8 Å². The van der Waals surface area contributed by atoms with E-state index in [-0.39, 0.29) is 17.4 Å². The highest BCUT2D eigenvalue weighted by molar-refractivity contribution is 7.84. The summed E-state index contributed by atoms with van der Waals surface area (Å²) in [6.07, 6.45) is 0.857. The van der Waals surface area contributed by atoms with Crippen LogP contribution in [-0.4, -0.2) is 79.4 Å². The molecule has 0 unspecified atom stereocenters. The van der Waals surface area contributed by atoms with E-state index in [1.165, 1.54) is 0 Å². The largest absolute Gasteiger partial charge is 0.493 e. The number of benzene rings is 1. The van der Waals surface area contributed by atoms with Crippen LogP contribution in [0.5, 0.6) is 11.5 Å². The molecule has 10 heteroatoms. The van der Waals surface area contributed by atoms with E-state index in [0.29, 0.717) is 35.4 Å². The monoisotopic (exact) mass is 465 g/mol. The maximum Gasteiger partial charge on any atom is 0.232 e. The number of oxazole rings is 1. The van der Waals surface area contributed by atoms with Crippen molar-refractivity contribution in [2.45, 2.75) is 19.1 Å². The molecule has 32 heavy (non-hydrogen) atoms. The van der Waals surface area contributed by atoms with E-state index in [0.717, 1.165) is 44.8 Å². The van der Waals surface area contributed by atoms with E-state index in [1.807, 2.05) is 6.07 Å². The number of aryl methyl sites for hydroxylation is 1. The van der Waals surface area contributed by atoms with Crippen LogP contribution in [0, 0.1) is 6.92 Å². The van der Waals surface area contributed by atoms with Gasteiger partial charge in [-0.05, 0) is 38.1 Å². The Hall–Kier alpha value is -2.43. The van der Waals surface area contributed by atoms with Gasteiger partial charge >= 0.3 is 0 Å². The first-order chi connectivity index (χ1) is 15.5. The lowest BCUT2D eigenvalue weighted by atomic mass is 10.2. The molecule has 1 N–H and O–H groups in total. The molecule has 0 bridgehead atoms. The fourth-order valence-corrected chi connectivity index (χ4v) is 4.48. The van der Waals surface area contributed by atoms with Gasteiger partial charge in [-0.25, -0.2) is 4.98 Å². The third-order valence-electron chi connectivity index (χ3n) is 5.19. The predicted octanol–water partition coefficient (Wildman–Crippen LogP) is 1.75. The summed E-state index contributed by atoms with van der Waals surface area (Å²) in [6.45, 7) is 6.65. The highest BCUT2D eigenvalue weighted by Gasteiger charge is 2.17. The van der Waals surface area contributed by atoms with Gasteiger partial charge < -0.3 is 23.9 Å². The van der Waals surface area contributed by atoms with E-state index in [2.05, 4.69) is 15.2 Å². The molecule has 0 spiro atoms. The minimum absolute atomic E-state index is 0.0600. The van der Waals surface area contributed by atoms with Crippen LogP contribution in [0.2, 0.25) is 0 Å². The summed E-state index contributed by atoms with van der Waals surface area (Å²) in [5, 5.41) is 2.85. The van der Waals surface area contributed by atoms with Gasteiger partial charge in [0.05, 0.1) is 38.9 Å². The summed E-state index contributed by atoms with van der Waals surface area (Å²) < 4.78 is 34.2. The van der Waals surface area contributed by atoms with Crippen molar-refractivity contribution in [2.24, 2.45) is 0 Å². The van der Waals surface area contributed by atoms with Crippen LogP contribution in [-0.2, 0) is 26.1 Å². The number of hydrogen-bond donors (Lipinski definition) is 1. The van der Waals surface area contributed by atoms with E-state index >= 15 is 0 Å². The molecule has 0 radical (unpaired) electrons. The Morgan fingerprint density at radius 2 is 1.97 bits per heavy atom. The van der Waals surface area contributed by atoms with Crippen LogP contribution < -0.4 is 14.8 Å². The van der Waals surface area contributed by atoms with Crippen molar-refractivity contribution in [3.05, 3.63) is 29.7 Å². The molecule has 1 aliphatic rings. The molecule has 9 nitrogen and oxygen atoms in total. The molecular weight excluding hydrogens is 434 g/mol. The summed E-state index contributed by atoms with van der Waals surface area (Å²) in [6, 6.07) is 5.36. The molecule has 0 aliphatic carbocycles. The number of amides is 1. The fourth-order valence-electron chi connectivity index (χ4n) is 3.41. The van der Waals surface area contributed by atoms with Crippen molar-refractivity contribution in [3.8, 4) is 23.0 Å². The number of nitrogens with one attached hydrogen (secondary N) is 1. The number of carbonyl (C=O) groups is 1. The van der Waals surface area contributed by atoms with Crippen molar-refractivity contribution < 1.29 is 27.6 Å². The Balaban J connectivity index is 1.47. The Bertz CT molecular complexity index is 926. The second-order valence-corrected chi connectivity index (χ2v) is 8.93. The smallest absolute Gasteiger partial charge is 0.232 e. The van der Waals surface area contributed by atoms with E-state index in [4.69, 9.17) is 18.6 Å². The van der Waals surface area contributed by atoms with Gasteiger partial charge in [-0.1, -0.05) is 0 Å². The molecule has 1 fully saturated rings. The molecule has 2 aromatic rings. The molecule has 176 valence electrons. The zero-order chi connectivity index (χ0) is 22.9. The molecule has 1 amide bonds. The summed E-state index contributed by atoms with van der Waals surface area (Å²) in [5.41, 5.74) is 1.30. The number of morpholine rings is 1. The summed E-state index contributed by atoms with van der Waals surface area (Å²) in [4.78, 5) is 18.9. The van der Waals surface area contributed by atoms with Gasteiger partial charge in [0.2, 0.25) is 11.8 Å². The maximum atomic E-state index is 12.5. The third kappa shape index (κ3) is 6.78. The molecule has 3 rings (SSSR count). The van der Waals surface area contributed by atoms with Crippen molar-refractivity contribution in [1.82, 2.24) is 15.2 Å². The molecule has 1 atom stereocenters. The van der Waals surface area contributed by atoms with E-state index in [1.54, 1.807) is 33.3 Å². The van der Waals surface area contributed by atoms with Crippen LogP contribution >= 0.6 is 0 Å². The minimum Gasteiger partial charge on any atom is -0.493 e. The van der Waals surface area contributed by atoms with Gasteiger partial charge in [0.1, 0.15) is 11.5 Å². The van der Waals surface area contributed by atoms with Crippen LogP contribution in [0.3, 0.4) is 0 Å². The third-order valence-corrected chi connectivity index (χ3v) is 6.37. The van der Waals surface area contributed by atoms with Gasteiger partial charge in [-0.3, -0.25) is 13.9 Å². The minimum atomic E-state index is -1.38. The quantitative estimate of drug-likeness (QED) is 0.501. The highest BCUT2D eigenvalue weighted by atomic mass is 32.2. The first-order valence-electron chi connectivity index (χ1n) is 10.6. The molecule has 2 heterocycles. The van der Waals surface area contributed by atoms with Gasteiger partial charge in [0, 0.05) is 36.0 Å². The molecule has 1 aromatic heterocycles. The number of methoxy groups -OCH3 is 2. The van der Waals surface area contributed by atoms with Crippen LogP contribution in [0.15, 0.2) is 22.6 Å². The zero-order valence-electron chi connectivity index (χ0n) is 18.8. The maximum absolute atomic E-state index is 12.5. The molecule has 0 saturated carbocycles. The molecule has 1 aromatic carbocycles. The van der Waals surface area contributed by atoms with Crippen LogP contribution in [0.25, 0.3) is 11.5 Å². The number of aromatic nitrogens is 1. The SMILES string of the molecule is COc1ccc(-c2nc(C[S@](=O)CC(=O)NCCCN3CCOCC3)c(C)o2)cc1OC. The van der Waals surface area contributed by atoms with Crippen LogP contribution in [0.1, 0.15) is 17.9 Å². The highest BCUT2D eigenvalue weighted by Crippen LogP contribution is 2.32. The summed E-state index contributed by atoms with van der Waals surface area (Å²) >= 11 is 0. The molecule has 1 aliphatic heterocycles. The summed E-state index contributed by atoms with van der Waals surface area (Å²) in [7, 11) is 1.75. The Morgan fingerprint density at radius 3 is 2.69 bits per heavy atom. The lowest BCUT2D eigenvalue weighted by Crippen LogP contribution is -2.38. The Labute approximate surface area is 190 Å². The molecule has 1 saturated heterocycles. The van der Waals surface area contributed by atoms with Crippen molar-refractivity contribution >= 4 is 16.7 Å². The first-order valence-corrected chi connectivity index (χ1v) is 12.1. The number of ether oxygens (including phenoxy) is 3. The van der Waals surface area contributed by atoms with Gasteiger partial charge in [0.25, 0.3) is 0 Å². The number of carbonyl (C=O) groups excluding carboxylic acids is 1. The van der Waals surface area contributed by atoms with Crippen molar-refractivity contribution in [3.63, 3.8) is 0 Å². The number of nitrogens with zero attached hydrogens (tertiary/aromatic N) is 2. The Morgan fingerprint density at radius 1 is 1.22 bits per heavy atom. The van der Waals surface area contributed by atoms with Gasteiger partial charge in [0.15, 0.2) is 11.5 Å². The van der Waals surface area contributed by atoms with Crippen molar-refractivity contribution in [2.75, 3.05) is 59.4 Å². The zero-order valence-corrected chi connectivity index (χ0v) is 19.7. The van der Waals surface area contributed by atoms with Crippen LogP contribution in [0.4, 0.5) is 0 Å². The lowest BCUT2D eigenvalue weighted by molar-refractivity contribution is -0.118.